The molecule has 0 aliphatic heterocycles. The highest BCUT2D eigenvalue weighted by atomic mass is 16.5. The fourth-order valence-corrected chi connectivity index (χ4v) is 5.70. The lowest BCUT2D eigenvalue weighted by Crippen LogP contribution is -2.43. The number of rotatable bonds is 14. The van der Waals surface area contributed by atoms with Crippen LogP contribution < -0.4 is 5.32 Å². The lowest BCUT2D eigenvalue weighted by atomic mass is 9.60. The molecule has 2 rings (SSSR count). The summed E-state index contributed by atoms with van der Waals surface area (Å²) in [5, 5.41) is 3.45. The Morgan fingerprint density at radius 1 is 1.14 bits per heavy atom. The van der Waals surface area contributed by atoms with Crippen molar-refractivity contribution in [1.82, 2.24) is 10.2 Å². The molecule has 2 unspecified atom stereocenters. The van der Waals surface area contributed by atoms with Crippen molar-refractivity contribution in [2.24, 2.45) is 16.7 Å². The number of hydrogen-bond acceptors (Lipinski definition) is 5. The van der Waals surface area contributed by atoms with Crippen molar-refractivity contribution in [2.45, 2.75) is 85.7 Å². The van der Waals surface area contributed by atoms with Gasteiger partial charge in [-0.2, -0.15) is 0 Å². The Bertz CT molecular complexity index is 780. The molecule has 1 N–H and O–H groups in total. The van der Waals surface area contributed by atoms with E-state index >= 15 is 0 Å². The zero-order valence-electron chi connectivity index (χ0n) is 22.9. The van der Waals surface area contributed by atoms with E-state index in [9.17, 15) is 9.59 Å². The fourth-order valence-electron chi connectivity index (χ4n) is 5.70. The number of carbonyl (C=O) groups excluding carboxylic acids is 2. The molecule has 2 atom stereocenters. The maximum Gasteiger partial charge on any atom is 0.306 e. The van der Waals surface area contributed by atoms with Crippen molar-refractivity contribution in [1.29, 1.82) is 0 Å². The fraction of sp³-hybridized carbons (Fsp3) is 0.724. The lowest BCUT2D eigenvalue weighted by molar-refractivity contribution is -0.146. The van der Waals surface area contributed by atoms with Gasteiger partial charge >= 0.3 is 5.97 Å². The van der Waals surface area contributed by atoms with Gasteiger partial charge in [0.15, 0.2) is 0 Å². The van der Waals surface area contributed by atoms with Crippen LogP contribution >= 0.6 is 0 Å². The van der Waals surface area contributed by atoms with E-state index in [0.29, 0.717) is 45.1 Å². The first-order chi connectivity index (χ1) is 16.5. The monoisotopic (exact) mass is 488 g/mol. The minimum absolute atomic E-state index is 0.121. The van der Waals surface area contributed by atoms with Crippen molar-refractivity contribution < 1.29 is 19.1 Å². The molecule has 6 nitrogen and oxygen atoms in total. The highest BCUT2D eigenvalue weighted by molar-refractivity contribution is 5.76. The van der Waals surface area contributed by atoms with Gasteiger partial charge in [0.2, 0.25) is 5.91 Å². The summed E-state index contributed by atoms with van der Waals surface area (Å²) in [6, 6.07) is 10.0. The SMILES string of the molecule is CC(C)OCNCC1(C)CC(CC(=O)OCCCN(C)C(=O)CCc2ccccc2)CC(C)(C)C1. The first-order valence-electron chi connectivity index (χ1n) is 13.2. The quantitative estimate of drug-likeness (QED) is 0.221. The molecule has 1 aromatic rings. The number of esters is 1. The van der Waals surface area contributed by atoms with E-state index < -0.39 is 0 Å². The average Bonchev–Trinajstić information content (AvgIpc) is 2.77. The van der Waals surface area contributed by atoms with E-state index in [1.807, 2.05) is 51.2 Å². The topological polar surface area (TPSA) is 67.9 Å². The molecule has 0 saturated heterocycles. The molecular weight excluding hydrogens is 440 g/mol. The van der Waals surface area contributed by atoms with Crippen LogP contribution in [-0.2, 0) is 25.5 Å². The molecular formula is C29H48N2O4. The van der Waals surface area contributed by atoms with Crippen molar-refractivity contribution >= 4 is 11.9 Å². The Hall–Kier alpha value is -1.92. The van der Waals surface area contributed by atoms with Gasteiger partial charge in [0.05, 0.1) is 19.4 Å². The van der Waals surface area contributed by atoms with Gasteiger partial charge in [-0.3, -0.25) is 14.9 Å². The maximum absolute atomic E-state index is 12.6. The van der Waals surface area contributed by atoms with Crippen molar-refractivity contribution in [3.63, 3.8) is 0 Å². The number of hydrogen-bond donors (Lipinski definition) is 1. The Kier molecular flexibility index (Phi) is 11.7. The Morgan fingerprint density at radius 3 is 2.54 bits per heavy atom. The van der Waals surface area contributed by atoms with Crippen LogP contribution in [0.15, 0.2) is 30.3 Å². The molecule has 0 bridgehead atoms. The Balaban J connectivity index is 1.68. The summed E-state index contributed by atoms with van der Waals surface area (Å²) < 4.78 is 11.2. The summed E-state index contributed by atoms with van der Waals surface area (Å²) in [5.74, 6) is 0.326. The summed E-state index contributed by atoms with van der Waals surface area (Å²) in [7, 11) is 1.82. The minimum Gasteiger partial charge on any atom is -0.466 e. The molecule has 6 heteroatoms. The van der Waals surface area contributed by atoms with Gasteiger partial charge < -0.3 is 14.4 Å². The zero-order valence-corrected chi connectivity index (χ0v) is 22.9. The summed E-state index contributed by atoms with van der Waals surface area (Å²) in [5.41, 5.74) is 1.50. The normalized spacial score (nSPS) is 21.6. The number of nitrogens with zero attached hydrogens (tertiary/aromatic N) is 1. The third kappa shape index (κ3) is 11.6. The van der Waals surface area contributed by atoms with Crippen LogP contribution in [-0.4, -0.2) is 56.4 Å². The number of aryl methyl sites for hydroxylation is 1. The Labute approximate surface area is 213 Å². The van der Waals surface area contributed by atoms with E-state index in [2.05, 4.69) is 26.1 Å². The molecule has 0 radical (unpaired) electrons. The van der Waals surface area contributed by atoms with E-state index in [4.69, 9.17) is 9.47 Å². The molecule has 1 aliphatic carbocycles. The predicted molar refractivity (Wildman–Crippen MR) is 141 cm³/mol. The summed E-state index contributed by atoms with van der Waals surface area (Å²) >= 11 is 0. The van der Waals surface area contributed by atoms with Gasteiger partial charge in [-0.25, -0.2) is 0 Å². The molecule has 1 aromatic carbocycles. The summed E-state index contributed by atoms with van der Waals surface area (Å²) in [6.45, 7) is 13.4. The third-order valence-corrected chi connectivity index (χ3v) is 6.85. The predicted octanol–water partition coefficient (Wildman–Crippen LogP) is 5.21. The summed E-state index contributed by atoms with van der Waals surface area (Å²) in [6.07, 6.45) is 5.76. The van der Waals surface area contributed by atoms with Crippen LogP contribution in [0.25, 0.3) is 0 Å². The van der Waals surface area contributed by atoms with E-state index in [1.54, 1.807) is 4.90 Å². The molecule has 198 valence electrons. The Morgan fingerprint density at radius 2 is 1.86 bits per heavy atom. The van der Waals surface area contributed by atoms with E-state index in [0.717, 1.165) is 32.2 Å². The number of carbonyl (C=O) groups is 2. The smallest absolute Gasteiger partial charge is 0.306 e. The largest absolute Gasteiger partial charge is 0.466 e. The van der Waals surface area contributed by atoms with Gasteiger partial charge in [-0.1, -0.05) is 51.1 Å². The summed E-state index contributed by atoms with van der Waals surface area (Å²) in [4.78, 5) is 26.7. The van der Waals surface area contributed by atoms with Gasteiger partial charge in [0.25, 0.3) is 0 Å². The molecule has 1 saturated carbocycles. The van der Waals surface area contributed by atoms with Gasteiger partial charge in [0, 0.05) is 33.0 Å². The second-order valence-electron chi connectivity index (χ2n) is 11.8. The van der Waals surface area contributed by atoms with E-state index in [-0.39, 0.29) is 28.8 Å². The second-order valence-corrected chi connectivity index (χ2v) is 11.8. The number of benzene rings is 1. The first-order valence-corrected chi connectivity index (χ1v) is 13.2. The minimum atomic E-state index is -0.121. The van der Waals surface area contributed by atoms with Crippen molar-refractivity contribution in [2.75, 3.05) is 33.5 Å². The molecule has 0 heterocycles. The molecule has 1 fully saturated rings. The molecule has 1 aliphatic rings. The van der Waals surface area contributed by atoms with Crippen LogP contribution in [0.4, 0.5) is 0 Å². The van der Waals surface area contributed by atoms with Crippen LogP contribution in [0, 0.1) is 16.7 Å². The number of amides is 1. The lowest BCUT2D eigenvalue weighted by Gasteiger charge is -2.46. The highest BCUT2D eigenvalue weighted by Crippen LogP contribution is 2.49. The van der Waals surface area contributed by atoms with Crippen LogP contribution in [0.3, 0.4) is 0 Å². The van der Waals surface area contributed by atoms with Crippen LogP contribution in [0.2, 0.25) is 0 Å². The zero-order chi connectivity index (χ0) is 25.9. The number of ether oxygens (including phenoxy) is 2. The molecule has 0 spiro atoms. The van der Waals surface area contributed by atoms with Crippen LogP contribution in [0.5, 0.6) is 0 Å². The van der Waals surface area contributed by atoms with Gasteiger partial charge in [-0.15, -0.1) is 0 Å². The van der Waals surface area contributed by atoms with Gasteiger partial charge in [-0.05, 0) is 68.3 Å². The first kappa shape index (κ1) is 29.3. The molecule has 0 aromatic heterocycles. The maximum atomic E-state index is 12.6. The third-order valence-electron chi connectivity index (χ3n) is 6.85. The van der Waals surface area contributed by atoms with Crippen LogP contribution in [0.1, 0.15) is 78.7 Å². The molecule has 35 heavy (non-hydrogen) atoms. The standard InChI is InChI=1S/C29H48N2O4/c1-23(2)35-22-30-21-29(5)19-25(18-28(3,4)20-29)17-27(33)34-16-10-15-31(6)26(32)14-13-24-11-8-7-9-12-24/h7-9,11-12,23,25,30H,10,13-22H2,1-6H3. The van der Waals surface area contributed by atoms with Crippen molar-refractivity contribution in [3.05, 3.63) is 35.9 Å². The van der Waals surface area contributed by atoms with Crippen molar-refractivity contribution in [3.8, 4) is 0 Å². The highest BCUT2D eigenvalue weighted by Gasteiger charge is 2.41. The second kappa shape index (κ2) is 14.0. The molecule has 1 amide bonds. The van der Waals surface area contributed by atoms with Gasteiger partial charge in [0.1, 0.15) is 0 Å². The average molecular weight is 489 g/mol. The van der Waals surface area contributed by atoms with E-state index in [1.165, 1.54) is 5.56 Å². The number of nitrogens with one attached hydrogen (secondary N) is 1.